The standard InChI is InChI=1S/C31H22N3OPS2.ClHO4/c35-28(34-31-32-21-22-37-31)27-30(38-29(33-27)23-13-5-1-6-14-23)36(24-15-7-2-8-16-24,25-17-9-3-10-18-25)26-19-11-4-12-20-26;2-1(3,4)5/h1-22H;(H,2,3,4,5). The summed E-state index contributed by atoms with van der Waals surface area (Å²) in [5, 5.41) is 9.73. The molecule has 0 spiro atoms. The molecule has 43 heavy (non-hydrogen) atoms. The highest BCUT2D eigenvalue weighted by atomic mass is 35.7. The van der Waals surface area contributed by atoms with Crippen molar-refractivity contribution in [2.75, 3.05) is 5.32 Å². The van der Waals surface area contributed by atoms with E-state index in [0.717, 1.165) is 15.2 Å². The number of hydrogen-bond acceptors (Lipinski definition) is 9. The van der Waals surface area contributed by atoms with Crippen LogP contribution in [0.25, 0.3) is 10.6 Å². The number of halogens is 1. The van der Waals surface area contributed by atoms with E-state index in [0.29, 0.717) is 10.8 Å². The summed E-state index contributed by atoms with van der Waals surface area (Å²) >= 11 is 3.00. The average Bonchev–Trinajstić information content (AvgIpc) is 3.70. The summed E-state index contributed by atoms with van der Waals surface area (Å²) < 4.78 is 34.9. The van der Waals surface area contributed by atoms with Gasteiger partial charge in [0, 0.05) is 17.1 Å². The summed E-state index contributed by atoms with van der Waals surface area (Å²) in [5.74, 6) is -0.249. The second-order valence-corrected chi connectivity index (χ2v) is 15.2. The topological polar surface area (TPSA) is 147 Å². The number of carbonyl (C=O) groups is 1. The van der Waals surface area contributed by atoms with Gasteiger partial charge >= 0.3 is 0 Å². The van der Waals surface area contributed by atoms with Gasteiger partial charge in [0.2, 0.25) is 0 Å². The van der Waals surface area contributed by atoms with E-state index in [1.54, 1.807) is 17.5 Å². The van der Waals surface area contributed by atoms with Gasteiger partial charge in [-0.05, 0) is 36.4 Å². The summed E-state index contributed by atoms with van der Waals surface area (Å²) in [6, 6.07) is 41.7. The molecule has 0 saturated carbocycles. The second-order valence-electron chi connectivity index (χ2n) is 8.89. The van der Waals surface area contributed by atoms with Gasteiger partial charge in [0.25, 0.3) is 5.91 Å². The molecule has 0 atom stereocenters. The van der Waals surface area contributed by atoms with Crippen molar-refractivity contribution in [2.45, 2.75) is 0 Å². The summed E-state index contributed by atoms with van der Waals surface area (Å²) in [6.45, 7) is 0. The van der Waals surface area contributed by atoms with Crippen LogP contribution in [-0.4, -0.2) is 15.9 Å². The molecule has 1 amide bonds. The van der Waals surface area contributed by atoms with Crippen molar-refractivity contribution in [2.24, 2.45) is 0 Å². The predicted molar refractivity (Wildman–Crippen MR) is 162 cm³/mol. The van der Waals surface area contributed by atoms with E-state index >= 15 is 0 Å². The first-order valence-corrected chi connectivity index (χ1v) is 17.4. The highest BCUT2D eigenvalue weighted by molar-refractivity contribution is 8.04. The number of thiazole rings is 2. The molecule has 2 heterocycles. The Hall–Kier alpha value is -3.83. The van der Waals surface area contributed by atoms with E-state index in [1.165, 1.54) is 27.3 Å². The molecule has 0 fully saturated rings. The van der Waals surface area contributed by atoms with Gasteiger partial charge in [-0.25, -0.2) is 28.6 Å². The molecule has 12 heteroatoms. The van der Waals surface area contributed by atoms with Gasteiger partial charge in [-0.15, -0.1) is 21.6 Å². The molecule has 0 saturated heterocycles. The molecular formula is C31H23ClN3O5PS2. The van der Waals surface area contributed by atoms with Gasteiger partial charge in [0.15, 0.2) is 22.7 Å². The molecule has 6 aromatic rings. The molecule has 8 nitrogen and oxygen atoms in total. The highest BCUT2D eigenvalue weighted by Gasteiger charge is 2.52. The lowest BCUT2D eigenvalue weighted by Crippen LogP contribution is -2.68. The van der Waals surface area contributed by atoms with E-state index in [2.05, 4.69) is 83.1 Å². The van der Waals surface area contributed by atoms with Crippen LogP contribution in [0.5, 0.6) is 0 Å². The van der Waals surface area contributed by atoms with Crippen LogP contribution in [0.2, 0.25) is 0 Å². The van der Waals surface area contributed by atoms with E-state index in [4.69, 9.17) is 23.6 Å². The maximum Gasteiger partial charge on any atom is 0.281 e. The number of amides is 1. The monoisotopic (exact) mass is 647 g/mol. The largest absolute Gasteiger partial charge is 0.296 e. The van der Waals surface area contributed by atoms with E-state index in [-0.39, 0.29) is 5.91 Å². The molecule has 216 valence electrons. The summed E-state index contributed by atoms with van der Waals surface area (Å²) in [6.07, 6.45) is 1.69. The van der Waals surface area contributed by atoms with Gasteiger partial charge in [0.1, 0.15) is 20.9 Å². The lowest BCUT2D eigenvalue weighted by Gasteiger charge is -2.26. The fourth-order valence-electron chi connectivity index (χ4n) is 4.59. The van der Waals surface area contributed by atoms with Gasteiger partial charge in [-0.3, -0.25) is 10.1 Å². The number of nitrogens with zero attached hydrogens (tertiary/aromatic N) is 2. The van der Waals surface area contributed by atoms with Crippen LogP contribution >= 0.6 is 29.9 Å². The van der Waals surface area contributed by atoms with Crippen molar-refractivity contribution in [3.05, 3.63) is 139 Å². The summed E-state index contributed by atoms with van der Waals surface area (Å²) in [4.78, 5) is 23.2. The van der Waals surface area contributed by atoms with Crippen LogP contribution < -0.4 is 44.5 Å². The first-order valence-electron chi connectivity index (χ1n) is 12.7. The van der Waals surface area contributed by atoms with Crippen LogP contribution in [0.15, 0.2) is 133 Å². The quantitative estimate of drug-likeness (QED) is 0.258. The van der Waals surface area contributed by atoms with Crippen LogP contribution in [0, 0.1) is 10.2 Å². The van der Waals surface area contributed by atoms with Crippen molar-refractivity contribution in [1.82, 2.24) is 9.97 Å². The molecule has 4 aromatic carbocycles. The number of benzene rings is 4. The number of anilines is 1. The Morgan fingerprint density at radius 3 is 1.56 bits per heavy atom. The van der Waals surface area contributed by atoms with Crippen molar-refractivity contribution in [3.8, 4) is 10.6 Å². The second kappa shape index (κ2) is 13.6. The number of aromatic nitrogens is 2. The third-order valence-electron chi connectivity index (χ3n) is 6.23. The Morgan fingerprint density at radius 2 is 1.14 bits per heavy atom. The van der Waals surface area contributed by atoms with E-state index < -0.39 is 17.5 Å². The molecule has 1 N–H and O–H groups in total. The Kier molecular flexibility index (Phi) is 9.72. The van der Waals surface area contributed by atoms with Gasteiger partial charge in [-0.1, -0.05) is 96.3 Å². The van der Waals surface area contributed by atoms with Crippen molar-refractivity contribution in [1.29, 1.82) is 0 Å². The Labute approximate surface area is 258 Å². The van der Waals surface area contributed by atoms with Crippen molar-refractivity contribution >= 4 is 61.5 Å². The maximum atomic E-state index is 13.9. The Balaban J connectivity index is 0.000000682. The highest BCUT2D eigenvalue weighted by Crippen LogP contribution is 2.56. The van der Waals surface area contributed by atoms with Gasteiger partial charge in [0.05, 0.1) is 0 Å². The lowest BCUT2D eigenvalue weighted by atomic mass is 10.2. The minimum Gasteiger partial charge on any atom is -0.296 e. The molecule has 0 unspecified atom stereocenters. The molecule has 0 bridgehead atoms. The van der Waals surface area contributed by atoms with Crippen molar-refractivity contribution in [3.63, 3.8) is 0 Å². The third-order valence-corrected chi connectivity index (χ3v) is 13.0. The lowest BCUT2D eigenvalue weighted by molar-refractivity contribution is -2.00. The average molecular weight is 648 g/mol. The zero-order valence-corrected chi connectivity index (χ0v) is 25.6. The van der Waals surface area contributed by atoms with Gasteiger partial charge in [-0.2, -0.15) is 0 Å². The zero-order chi connectivity index (χ0) is 30.3. The molecule has 0 radical (unpaired) electrons. The number of nitrogens with one attached hydrogen (secondary N) is 1. The van der Waals surface area contributed by atoms with Crippen LogP contribution in [0.3, 0.4) is 0 Å². The number of carbonyl (C=O) groups excluding carboxylic acids is 1. The fourth-order valence-corrected chi connectivity index (χ4v) is 11.6. The van der Waals surface area contributed by atoms with E-state index in [1.807, 2.05) is 53.9 Å². The molecule has 0 aliphatic rings. The minimum atomic E-state index is -4.94. The number of rotatable bonds is 7. The maximum absolute atomic E-state index is 13.9. The smallest absolute Gasteiger partial charge is 0.281 e. The van der Waals surface area contributed by atoms with Gasteiger partial charge < -0.3 is 0 Å². The Bertz CT molecular complexity index is 1650. The first kappa shape index (κ1) is 30.6. The van der Waals surface area contributed by atoms with Crippen molar-refractivity contribution < 1.29 is 33.7 Å². The molecule has 0 aliphatic heterocycles. The van der Waals surface area contributed by atoms with Crippen LogP contribution in [-0.2, 0) is 0 Å². The predicted octanol–water partition coefficient (Wildman–Crippen LogP) is 1.38. The van der Waals surface area contributed by atoms with Crippen LogP contribution in [0.4, 0.5) is 5.13 Å². The molecule has 0 aliphatic carbocycles. The van der Waals surface area contributed by atoms with Crippen LogP contribution in [0.1, 0.15) is 10.5 Å². The van der Waals surface area contributed by atoms with E-state index in [9.17, 15) is 4.79 Å². The molecule has 6 rings (SSSR count). The summed E-state index contributed by atoms with van der Waals surface area (Å²) in [5.41, 5.74) is 1.42. The first-order chi connectivity index (χ1) is 20.8. The Morgan fingerprint density at radius 1 is 0.698 bits per heavy atom. The minimum absolute atomic E-state index is 0.249. The number of hydrogen-bond donors (Lipinski definition) is 1. The molecular weight excluding hydrogens is 625 g/mol. The normalized spacial score (nSPS) is 11.3. The third kappa shape index (κ3) is 7.22. The molecule has 2 aromatic heterocycles. The zero-order valence-electron chi connectivity index (χ0n) is 22.3. The SMILES string of the molecule is O=C(Nc1nccs1)c1nc(-c2ccccc2)sc1[P+](c1ccccc1)(c1ccccc1)c1ccccc1.[O-][Cl+3]([O-])([O-])[O-]. The fraction of sp³-hybridized carbons (Fsp3) is 0. The summed E-state index contributed by atoms with van der Waals surface area (Å²) in [7, 11) is -7.45.